The number of allylic oxidation sites excluding steroid dienone is 12. The molecule has 10 heteroatoms. The van der Waals surface area contributed by atoms with Crippen molar-refractivity contribution in [3.8, 4) is 0 Å². The normalized spacial score (nSPS) is 14.2. The van der Waals surface area contributed by atoms with E-state index in [1.165, 1.54) is 89.9 Å². The first kappa shape index (κ1) is 57.4. The Morgan fingerprint density at radius 1 is 0.517 bits per heavy atom. The number of phosphoric ester groups is 1. The summed E-state index contributed by atoms with van der Waals surface area (Å²) in [5.41, 5.74) is 0. The van der Waals surface area contributed by atoms with Crippen molar-refractivity contribution in [3.05, 3.63) is 72.9 Å². The molecule has 0 heterocycles. The molecule has 0 aromatic heterocycles. The lowest BCUT2D eigenvalue weighted by molar-refractivity contribution is -0.870. The molecule has 2 atom stereocenters. The van der Waals surface area contributed by atoms with E-state index in [4.69, 9.17) is 18.5 Å². The summed E-state index contributed by atoms with van der Waals surface area (Å²) in [4.78, 5) is 37.6. The minimum Gasteiger partial charge on any atom is -0.756 e. The SMILES string of the molecule is CCCCC/C=C\C/C=C\C/C=C\C/C=C\C/C=C\CCC(=O)OC[C@H](COP(=O)([O-])OCC[N+](C)(C)C)OC(=O)CCCCCCCCC/C=C\CCCCCCCC. The maximum atomic E-state index is 12.7. The number of phosphoric acid groups is 1. The average Bonchev–Trinajstić information content (AvgIpc) is 3.20. The fourth-order valence-electron chi connectivity index (χ4n) is 5.98. The summed E-state index contributed by atoms with van der Waals surface area (Å²) < 4.78 is 33.9. The summed E-state index contributed by atoms with van der Waals surface area (Å²) in [6, 6.07) is 0. The van der Waals surface area contributed by atoms with Gasteiger partial charge in [-0.1, -0.05) is 164 Å². The van der Waals surface area contributed by atoms with Gasteiger partial charge in [0.15, 0.2) is 6.10 Å². The Balaban J connectivity index is 4.45. The number of quaternary nitrogens is 1. The van der Waals surface area contributed by atoms with Gasteiger partial charge >= 0.3 is 11.9 Å². The summed E-state index contributed by atoms with van der Waals surface area (Å²) in [6.07, 6.45) is 52.3. The summed E-state index contributed by atoms with van der Waals surface area (Å²) in [5.74, 6) is -0.939. The number of hydrogen-bond acceptors (Lipinski definition) is 8. The Morgan fingerprint density at radius 2 is 0.933 bits per heavy atom. The third kappa shape index (κ3) is 45.0. The molecular formula is C50H88NO8P. The van der Waals surface area contributed by atoms with E-state index in [0.29, 0.717) is 23.9 Å². The van der Waals surface area contributed by atoms with Crippen molar-refractivity contribution in [1.82, 2.24) is 0 Å². The van der Waals surface area contributed by atoms with E-state index in [-0.39, 0.29) is 26.1 Å². The van der Waals surface area contributed by atoms with Gasteiger partial charge in [0.05, 0.1) is 27.7 Å². The van der Waals surface area contributed by atoms with E-state index in [9.17, 15) is 19.0 Å². The van der Waals surface area contributed by atoms with Gasteiger partial charge in [0.25, 0.3) is 7.82 Å². The predicted molar refractivity (Wildman–Crippen MR) is 249 cm³/mol. The van der Waals surface area contributed by atoms with Gasteiger partial charge in [0.2, 0.25) is 0 Å². The van der Waals surface area contributed by atoms with Gasteiger partial charge in [-0.3, -0.25) is 14.2 Å². The third-order valence-electron chi connectivity index (χ3n) is 9.71. The van der Waals surface area contributed by atoms with Gasteiger partial charge in [-0.2, -0.15) is 0 Å². The van der Waals surface area contributed by atoms with Gasteiger partial charge in [0, 0.05) is 12.8 Å². The molecular weight excluding hydrogens is 774 g/mol. The zero-order chi connectivity index (χ0) is 44.3. The van der Waals surface area contributed by atoms with Gasteiger partial charge in [0.1, 0.15) is 19.8 Å². The smallest absolute Gasteiger partial charge is 0.306 e. The lowest BCUT2D eigenvalue weighted by Crippen LogP contribution is -2.37. The molecule has 0 fully saturated rings. The quantitative estimate of drug-likeness (QED) is 0.0196. The van der Waals surface area contributed by atoms with Crippen LogP contribution in [0.25, 0.3) is 0 Å². The Kier molecular flexibility index (Phi) is 40.0. The minimum absolute atomic E-state index is 0.0456. The molecule has 0 aliphatic rings. The highest BCUT2D eigenvalue weighted by Crippen LogP contribution is 2.38. The van der Waals surface area contributed by atoms with Crippen LogP contribution in [0.15, 0.2) is 72.9 Å². The Labute approximate surface area is 368 Å². The molecule has 60 heavy (non-hydrogen) atoms. The van der Waals surface area contributed by atoms with Gasteiger partial charge in [-0.25, -0.2) is 0 Å². The average molecular weight is 862 g/mol. The number of nitrogens with zero attached hydrogens (tertiary/aromatic N) is 1. The first-order chi connectivity index (χ1) is 29.0. The molecule has 0 aliphatic carbocycles. The molecule has 0 saturated heterocycles. The minimum atomic E-state index is -4.65. The van der Waals surface area contributed by atoms with Crippen molar-refractivity contribution in [1.29, 1.82) is 0 Å². The number of unbranched alkanes of at least 4 members (excludes halogenated alkanes) is 16. The molecule has 0 saturated carbocycles. The van der Waals surface area contributed by atoms with Crippen LogP contribution in [0.2, 0.25) is 0 Å². The van der Waals surface area contributed by atoms with Crippen LogP contribution in [0.3, 0.4) is 0 Å². The van der Waals surface area contributed by atoms with Crippen LogP contribution >= 0.6 is 7.82 Å². The largest absolute Gasteiger partial charge is 0.756 e. The van der Waals surface area contributed by atoms with E-state index in [1.54, 1.807) is 0 Å². The van der Waals surface area contributed by atoms with Crippen LogP contribution in [0.1, 0.15) is 181 Å². The number of hydrogen-bond donors (Lipinski definition) is 0. The third-order valence-corrected chi connectivity index (χ3v) is 10.7. The molecule has 0 N–H and O–H groups in total. The molecule has 0 amide bonds. The lowest BCUT2D eigenvalue weighted by atomic mass is 10.1. The first-order valence-corrected chi connectivity index (χ1v) is 25.1. The Hall–Kier alpha value is -2.55. The molecule has 0 radical (unpaired) electrons. The maximum absolute atomic E-state index is 12.7. The van der Waals surface area contributed by atoms with E-state index in [0.717, 1.165) is 51.4 Å². The summed E-state index contributed by atoms with van der Waals surface area (Å²) in [7, 11) is 1.12. The fourth-order valence-corrected chi connectivity index (χ4v) is 6.71. The zero-order valence-corrected chi connectivity index (χ0v) is 39.8. The van der Waals surface area contributed by atoms with Gasteiger partial charge in [-0.15, -0.1) is 0 Å². The van der Waals surface area contributed by atoms with Crippen LogP contribution < -0.4 is 4.89 Å². The standard InChI is InChI=1S/C50H88NO8P/c1-6-8-10-12-14-16-18-20-22-24-25-27-28-30-32-34-36-38-40-42-49(52)56-46-48(47-58-60(54,55)57-45-44-51(3,4)5)59-50(53)43-41-39-37-35-33-31-29-26-23-21-19-17-15-13-11-9-7-2/h14,16,20-23,25,27,30,32,36,38,48H,6-13,15,17-19,24,26,28-29,31,33-35,37,39-47H2,1-5H3/b16-14-,22-20-,23-21-,27-25-,32-30-,38-36-/t48-/m1/s1. The second-order valence-corrected chi connectivity index (χ2v) is 18.2. The van der Waals surface area contributed by atoms with Crippen molar-refractivity contribution in [2.24, 2.45) is 0 Å². The number of rotatable bonds is 42. The molecule has 1 unspecified atom stereocenters. The molecule has 0 aromatic rings. The number of carbonyl (C=O) groups is 2. The second-order valence-electron chi connectivity index (χ2n) is 16.8. The van der Waals surface area contributed by atoms with E-state index in [2.05, 4.69) is 74.6 Å². The van der Waals surface area contributed by atoms with Crippen molar-refractivity contribution in [2.45, 2.75) is 187 Å². The van der Waals surface area contributed by atoms with Crippen molar-refractivity contribution < 1.29 is 42.1 Å². The Morgan fingerprint density at radius 3 is 1.45 bits per heavy atom. The van der Waals surface area contributed by atoms with Crippen LogP contribution in [-0.4, -0.2) is 70.0 Å². The lowest BCUT2D eigenvalue weighted by Gasteiger charge is -2.28. The van der Waals surface area contributed by atoms with Gasteiger partial charge < -0.3 is 27.9 Å². The van der Waals surface area contributed by atoms with E-state index < -0.39 is 32.5 Å². The van der Waals surface area contributed by atoms with Crippen LogP contribution in [-0.2, 0) is 32.7 Å². The molecule has 0 rings (SSSR count). The molecule has 0 bridgehead atoms. The highest BCUT2D eigenvalue weighted by atomic mass is 31.2. The van der Waals surface area contributed by atoms with Crippen molar-refractivity contribution in [3.63, 3.8) is 0 Å². The van der Waals surface area contributed by atoms with Crippen LogP contribution in [0.5, 0.6) is 0 Å². The fraction of sp³-hybridized carbons (Fsp3) is 0.720. The van der Waals surface area contributed by atoms with Gasteiger partial charge in [-0.05, 0) is 77.0 Å². The Bertz CT molecular complexity index is 1250. The van der Waals surface area contributed by atoms with E-state index >= 15 is 0 Å². The first-order valence-electron chi connectivity index (χ1n) is 23.6. The van der Waals surface area contributed by atoms with Crippen molar-refractivity contribution in [2.75, 3.05) is 47.5 Å². The maximum Gasteiger partial charge on any atom is 0.306 e. The monoisotopic (exact) mass is 862 g/mol. The number of esters is 2. The molecule has 0 aliphatic heterocycles. The summed E-state index contributed by atoms with van der Waals surface area (Å²) in [5, 5.41) is 0. The molecule has 346 valence electrons. The number of carbonyl (C=O) groups excluding carboxylic acids is 2. The predicted octanol–water partition coefficient (Wildman–Crippen LogP) is 13.2. The topological polar surface area (TPSA) is 111 Å². The second kappa shape index (κ2) is 41.8. The highest BCUT2D eigenvalue weighted by Gasteiger charge is 2.21. The molecule has 0 spiro atoms. The molecule has 0 aromatic carbocycles. The molecule has 9 nitrogen and oxygen atoms in total. The van der Waals surface area contributed by atoms with Crippen molar-refractivity contribution >= 4 is 19.8 Å². The zero-order valence-electron chi connectivity index (χ0n) is 38.9. The van der Waals surface area contributed by atoms with E-state index in [1.807, 2.05) is 33.3 Å². The summed E-state index contributed by atoms with van der Waals surface area (Å²) >= 11 is 0. The van der Waals surface area contributed by atoms with Crippen LogP contribution in [0.4, 0.5) is 0 Å². The summed E-state index contributed by atoms with van der Waals surface area (Å²) in [6.45, 7) is 4.10. The highest BCUT2D eigenvalue weighted by molar-refractivity contribution is 7.45. The number of ether oxygens (including phenoxy) is 2. The van der Waals surface area contributed by atoms with Crippen LogP contribution in [0, 0.1) is 0 Å². The number of likely N-dealkylation sites (N-methyl/N-ethyl adjacent to an activating group) is 1.